The summed E-state index contributed by atoms with van der Waals surface area (Å²) in [6.07, 6.45) is 9.69. The fourth-order valence-corrected chi connectivity index (χ4v) is 1.47. The average molecular weight is 198 g/mol. The van der Waals surface area contributed by atoms with E-state index in [1.54, 1.807) is 0 Å². The van der Waals surface area contributed by atoms with Crippen molar-refractivity contribution in [1.82, 2.24) is 0 Å². The second-order valence-corrected chi connectivity index (χ2v) is 3.70. The monoisotopic (exact) mass is 198 g/mol. The van der Waals surface area contributed by atoms with Crippen molar-refractivity contribution in [2.75, 3.05) is 0 Å². The molecule has 0 rings (SSSR count). The summed E-state index contributed by atoms with van der Waals surface area (Å²) >= 11 is 0. The van der Waals surface area contributed by atoms with Crippen LogP contribution >= 0.6 is 0 Å². The number of oxime groups is 1. The van der Waals surface area contributed by atoms with E-state index in [1.165, 1.54) is 44.2 Å². The van der Waals surface area contributed by atoms with Crippen LogP contribution in [0.1, 0.15) is 65.2 Å². The highest BCUT2D eigenvalue weighted by Crippen LogP contribution is 2.08. The number of unbranched alkanes of at least 4 members (excludes halogenated alkanes) is 4. The first-order valence-corrected chi connectivity index (χ1v) is 5.82. The molecule has 83 valence electrons. The summed E-state index contributed by atoms with van der Waals surface area (Å²) in [7, 11) is 3.29. The maximum absolute atomic E-state index is 4.60. The second-order valence-electron chi connectivity index (χ2n) is 3.70. The van der Waals surface area contributed by atoms with Gasteiger partial charge in [-0.3, -0.25) is 0 Å². The summed E-state index contributed by atoms with van der Waals surface area (Å²) in [4.78, 5) is 4.60. The van der Waals surface area contributed by atoms with Gasteiger partial charge in [-0.15, -0.1) is 0 Å². The Morgan fingerprint density at radius 1 is 1.00 bits per heavy atom. The van der Waals surface area contributed by atoms with Crippen LogP contribution in [0.25, 0.3) is 0 Å². The van der Waals surface area contributed by atoms with Crippen LogP contribution in [0, 0.1) is 7.11 Å². The number of hydrogen-bond acceptors (Lipinski definition) is 2. The molecule has 2 nitrogen and oxygen atoms in total. The van der Waals surface area contributed by atoms with Crippen molar-refractivity contribution < 1.29 is 4.84 Å². The highest BCUT2D eigenvalue weighted by atomic mass is 16.6. The SMILES string of the molecule is [CH2]ON=C(CCCCC)CCCCC. The molecule has 0 aliphatic rings. The Labute approximate surface area is 88.7 Å². The lowest BCUT2D eigenvalue weighted by Crippen LogP contribution is -1.99. The maximum Gasteiger partial charge on any atom is 0.153 e. The highest BCUT2D eigenvalue weighted by molar-refractivity contribution is 5.83. The van der Waals surface area contributed by atoms with Gasteiger partial charge in [0.15, 0.2) is 7.11 Å². The molecule has 0 bridgehead atoms. The predicted octanol–water partition coefficient (Wildman–Crippen LogP) is 4.31. The van der Waals surface area contributed by atoms with E-state index in [-0.39, 0.29) is 0 Å². The molecule has 0 saturated carbocycles. The van der Waals surface area contributed by atoms with Crippen molar-refractivity contribution in [2.24, 2.45) is 5.16 Å². The fraction of sp³-hybridized carbons (Fsp3) is 0.833. The smallest absolute Gasteiger partial charge is 0.153 e. The summed E-state index contributed by atoms with van der Waals surface area (Å²) in [5.41, 5.74) is 1.18. The minimum atomic E-state index is 1.08. The molecular weight excluding hydrogens is 174 g/mol. The lowest BCUT2D eigenvalue weighted by molar-refractivity contribution is 0.258. The topological polar surface area (TPSA) is 21.6 Å². The third-order valence-corrected chi connectivity index (χ3v) is 2.33. The Balaban J connectivity index is 3.61. The van der Waals surface area contributed by atoms with Crippen LogP contribution in [0.3, 0.4) is 0 Å². The van der Waals surface area contributed by atoms with E-state index >= 15 is 0 Å². The molecule has 0 amide bonds. The van der Waals surface area contributed by atoms with Crippen LogP contribution in [0.2, 0.25) is 0 Å². The Morgan fingerprint density at radius 2 is 1.50 bits per heavy atom. The number of nitrogens with zero attached hydrogens (tertiary/aromatic N) is 1. The Morgan fingerprint density at radius 3 is 1.86 bits per heavy atom. The van der Waals surface area contributed by atoms with Gasteiger partial charge in [0.25, 0.3) is 0 Å². The quantitative estimate of drug-likeness (QED) is 0.307. The summed E-state index contributed by atoms with van der Waals surface area (Å²) in [5.74, 6) is 0. The van der Waals surface area contributed by atoms with Gasteiger partial charge in [0.1, 0.15) is 0 Å². The Bertz CT molecular complexity index is 131. The van der Waals surface area contributed by atoms with Gasteiger partial charge in [-0.1, -0.05) is 44.7 Å². The van der Waals surface area contributed by atoms with Gasteiger partial charge >= 0.3 is 0 Å². The van der Waals surface area contributed by atoms with E-state index in [2.05, 4.69) is 31.0 Å². The van der Waals surface area contributed by atoms with Crippen LogP contribution in [-0.2, 0) is 4.84 Å². The van der Waals surface area contributed by atoms with Crippen molar-refractivity contribution in [3.05, 3.63) is 7.11 Å². The van der Waals surface area contributed by atoms with Crippen LogP contribution in [0.15, 0.2) is 5.16 Å². The van der Waals surface area contributed by atoms with Crippen LogP contribution in [0.5, 0.6) is 0 Å². The molecule has 0 N–H and O–H groups in total. The fourth-order valence-electron chi connectivity index (χ4n) is 1.47. The first-order chi connectivity index (χ1) is 6.85. The van der Waals surface area contributed by atoms with E-state index in [0.29, 0.717) is 0 Å². The van der Waals surface area contributed by atoms with Crippen molar-refractivity contribution in [2.45, 2.75) is 65.2 Å². The van der Waals surface area contributed by atoms with Crippen LogP contribution in [-0.4, -0.2) is 5.71 Å². The first kappa shape index (κ1) is 13.5. The summed E-state index contributed by atoms with van der Waals surface area (Å²) in [6, 6.07) is 0. The van der Waals surface area contributed by atoms with Gasteiger partial charge in [0.2, 0.25) is 0 Å². The summed E-state index contributed by atoms with van der Waals surface area (Å²) in [6.45, 7) is 4.43. The molecule has 0 aromatic carbocycles. The predicted molar refractivity (Wildman–Crippen MR) is 62.2 cm³/mol. The zero-order valence-corrected chi connectivity index (χ0v) is 9.72. The molecule has 0 aliphatic heterocycles. The zero-order valence-electron chi connectivity index (χ0n) is 9.72. The first-order valence-electron chi connectivity index (χ1n) is 5.82. The van der Waals surface area contributed by atoms with Gasteiger partial charge in [0.05, 0.1) is 5.71 Å². The van der Waals surface area contributed by atoms with Gasteiger partial charge < -0.3 is 4.84 Å². The average Bonchev–Trinajstić information content (AvgIpc) is 2.18. The molecule has 0 aliphatic carbocycles. The lowest BCUT2D eigenvalue weighted by atomic mass is 10.1. The molecule has 2 heteroatoms. The van der Waals surface area contributed by atoms with Crippen molar-refractivity contribution in [3.8, 4) is 0 Å². The number of hydrogen-bond donors (Lipinski definition) is 0. The molecular formula is C12H24NO. The van der Waals surface area contributed by atoms with E-state index in [0.717, 1.165) is 12.8 Å². The van der Waals surface area contributed by atoms with Crippen molar-refractivity contribution in [3.63, 3.8) is 0 Å². The Hall–Kier alpha value is -0.530. The molecule has 0 fully saturated rings. The summed E-state index contributed by atoms with van der Waals surface area (Å²) in [5, 5.41) is 3.97. The van der Waals surface area contributed by atoms with Crippen molar-refractivity contribution in [1.29, 1.82) is 0 Å². The van der Waals surface area contributed by atoms with E-state index < -0.39 is 0 Å². The maximum atomic E-state index is 4.60. The van der Waals surface area contributed by atoms with Gasteiger partial charge in [0, 0.05) is 0 Å². The van der Waals surface area contributed by atoms with Crippen LogP contribution in [0.4, 0.5) is 0 Å². The Kier molecular flexibility index (Phi) is 10.2. The van der Waals surface area contributed by atoms with E-state index in [1.807, 2.05) is 0 Å². The third-order valence-electron chi connectivity index (χ3n) is 2.33. The van der Waals surface area contributed by atoms with Gasteiger partial charge in [-0.25, -0.2) is 0 Å². The lowest BCUT2D eigenvalue weighted by Gasteiger charge is -2.04. The van der Waals surface area contributed by atoms with Crippen LogP contribution < -0.4 is 0 Å². The normalized spacial score (nSPS) is 9.93. The molecule has 0 heterocycles. The molecule has 0 spiro atoms. The molecule has 0 aromatic rings. The van der Waals surface area contributed by atoms with Gasteiger partial charge in [-0.05, 0) is 25.7 Å². The molecule has 1 radical (unpaired) electrons. The minimum absolute atomic E-state index is 1.08. The standard InChI is InChI=1S/C12H24NO/c1-4-6-8-10-12(13-14-3)11-9-7-5-2/h3-11H2,1-2H3. The molecule has 0 aromatic heterocycles. The van der Waals surface area contributed by atoms with Crippen molar-refractivity contribution >= 4 is 5.71 Å². The summed E-state index contributed by atoms with van der Waals surface area (Å²) < 4.78 is 0. The minimum Gasteiger partial charge on any atom is -0.392 e. The zero-order chi connectivity index (χ0) is 10.6. The number of rotatable bonds is 9. The highest BCUT2D eigenvalue weighted by Gasteiger charge is 2.00. The van der Waals surface area contributed by atoms with E-state index in [4.69, 9.17) is 0 Å². The van der Waals surface area contributed by atoms with Gasteiger partial charge in [-0.2, -0.15) is 0 Å². The molecule has 14 heavy (non-hydrogen) atoms. The largest absolute Gasteiger partial charge is 0.392 e. The second kappa shape index (κ2) is 10.6. The third kappa shape index (κ3) is 8.09. The molecule has 0 saturated heterocycles. The van der Waals surface area contributed by atoms with E-state index in [9.17, 15) is 0 Å². The molecule has 0 unspecified atom stereocenters. The molecule has 0 atom stereocenters.